The molecule has 4 heteroatoms. The van der Waals surface area contributed by atoms with Gasteiger partial charge in [-0.05, 0) is 24.1 Å². The van der Waals surface area contributed by atoms with E-state index in [4.69, 9.17) is 9.84 Å². The molecule has 0 heterocycles. The van der Waals surface area contributed by atoms with E-state index in [9.17, 15) is 9.18 Å². The van der Waals surface area contributed by atoms with Gasteiger partial charge in [0.05, 0.1) is 13.0 Å². The normalized spacial score (nSPS) is 27.6. The number of aliphatic carboxylic acids is 1. The summed E-state index contributed by atoms with van der Waals surface area (Å²) in [5.41, 5.74) is 0.289. The Kier molecular flexibility index (Phi) is 2.37. The number of methoxy groups -OCH3 is 1. The quantitative estimate of drug-likeness (QED) is 0.856. The zero-order valence-electron chi connectivity index (χ0n) is 9.16. The number of carboxylic acids is 1. The molecular weight excluding hydrogens is 211 g/mol. The van der Waals surface area contributed by atoms with Crippen molar-refractivity contribution >= 4 is 5.97 Å². The van der Waals surface area contributed by atoms with Gasteiger partial charge in [-0.15, -0.1) is 0 Å². The van der Waals surface area contributed by atoms with E-state index in [0.29, 0.717) is 6.42 Å². The molecule has 1 saturated carbocycles. The van der Waals surface area contributed by atoms with Gasteiger partial charge in [0.2, 0.25) is 0 Å². The topological polar surface area (TPSA) is 46.5 Å². The summed E-state index contributed by atoms with van der Waals surface area (Å²) >= 11 is 0. The molecule has 0 radical (unpaired) electrons. The van der Waals surface area contributed by atoms with Crippen LogP contribution in [0.2, 0.25) is 0 Å². The maximum atomic E-state index is 13.5. The molecule has 1 aliphatic carbocycles. The van der Waals surface area contributed by atoms with Crippen LogP contribution in [0, 0.1) is 11.7 Å². The van der Waals surface area contributed by atoms with Crippen LogP contribution in [0.5, 0.6) is 5.75 Å². The van der Waals surface area contributed by atoms with Crippen LogP contribution in [0.15, 0.2) is 18.2 Å². The molecule has 0 bridgehead atoms. The number of carbonyl (C=O) groups is 1. The minimum Gasteiger partial charge on any atom is -0.494 e. The van der Waals surface area contributed by atoms with Gasteiger partial charge >= 0.3 is 5.97 Å². The van der Waals surface area contributed by atoms with E-state index in [1.165, 1.54) is 19.2 Å². The zero-order valence-corrected chi connectivity index (χ0v) is 9.16. The Labute approximate surface area is 92.9 Å². The monoisotopic (exact) mass is 224 g/mol. The molecule has 0 spiro atoms. The zero-order chi connectivity index (χ0) is 11.9. The average molecular weight is 224 g/mol. The van der Waals surface area contributed by atoms with Crippen molar-refractivity contribution in [2.45, 2.75) is 18.8 Å². The number of ether oxygens (including phenoxy) is 1. The maximum absolute atomic E-state index is 13.5. The third-order valence-corrected chi connectivity index (χ3v) is 3.35. The van der Waals surface area contributed by atoms with Gasteiger partial charge in [-0.3, -0.25) is 4.79 Å². The van der Waals surface area contributed by atoms with Crippen molar-refractivity contribution in [2.24, 2.45) is 5.92 Å². The predicted octanol–water partition coefficient (Wildman–Crippen LogP) is 2.20. The van der Waals surface area contributed by atoms with Crippen molar-refractivity contribution in [2.75, 3.05) is 7.11 Å². The third-order valence-electron chi connectivity index (χ3n) is 3.35. The van der Waals surface area contributed by atoms with Gasteiger partial charge in [-0.2, -0.15) is 0 Å². The first-order chi connectivity index (χ1) is 7.49. The Bertz CT molecular complexity index is 444. The highest BCUT2D eigenvalue weighted by molar-refractivity contribution is 5.77. The molecule has 3 nitrogen and oxygen atoms in total. The lowest BCUT2D eigenvalue weighted by molar-refractivity contribution is -0.138. The van der Waals surface area contributed by atoms with Crippen LogP contribution in [0.1, 0.15) is 18.9 Å². The fourth-order valence-electron chi connectivity index (χ4n) is 2.07. The highest BCUT2D eigenvalue weighted by atomic mass is 19.1. The highest BCUT2D eigenvalue weighted by Gasteiger charge is 2.56. The van der Waals surface area contributed by atoms with E-state index in [0.717, 1.165) is 5.56 Å². The summed E-state index contributed by atoms with van der Waals surface area (Å²) in [5, 5.41) is 8.90. The maximum Gasteiger partial charge on any atom is 0.307 e. The molecule has 16 heavy (non-hydrogen) atoms. The number of hydrogen-bond donors (Lipinski definition) is 1. The fraction of sp³-hybridized carbons (Fsp3) is 0.417. The predicted molar refractivity (Wildman–Crippen MR) is 56.0 cm³/mol. The summed E-state index contributed by atoms with van der Waals surface area (Å²) in [7, 11) is 1.40. The van der Waals surface area contributed by atoms with Gasteiger partial charge in [-0.1, -0.05) is 13.0 Å². The molecule has 0 saturated heterocycles. The van der Waals surface area contributed by atoms with Crippen molar-refractivity contribution in [1.29, 1.82) is 0 Å². The largest absolute Gasteiger partial charge is 0.494 e. The van der Waals surface area contributed by atoms with Crippen LogP contribution in [0.4, 0.5) is 4.39 Å². The van der Waals surface area contributed by atoms with Crippen molar-refractivity contribution in [3.05, 3.63) is 29.6 Å². The molecule has 1 N–H and O–H groups in total. The van der Waals surface area contributed by atoms with E-state index < -0.39 is 23.1 Å². The lowest BCUT2D eigenvalue weighted by Crippen LogP contribution is -2.11. The van der Waals surface area contributed by atoms with Crippen LogP contribution >= 0.6 is 0 Å². The summed E-state index contributed by atoms with van der Waals surface area (Å²) in [6, 6.07) is 4.62. The van der Waals surface area contributed by atoms with E-state index in [1.54, 1.807) is 6.07 Å². The van der Waals surface area contributed by atoms with Gasteiger partial charge in [0.25, 0.3) is 0 Å². The SMILES string of the molecule is COc1ccc(C2(C)CC2C(=O)O)cc1F. The number of hydrogen-bond acceptors (Lipinski definition) is 2. The standard InChI is InChI=1S/C12H13FO3/c1-12(6-8(12)11(14)15)7-3-4-10(16-2)9(13)5-7/h3-5,8H,6H2,1-2H3,(H,14,15). The Hall–Kier alpha value is -1.58. The van der Waals surface area contributed by atoms with Gasteiger partial charge in [0.1, 0.15) is 0 Å². The molecule has 0 amide bonds. The number of rotatable bonds is 3. The summed E-state index contributed by atoms with van der Waals surface area (Å²) < 4.78 is 18.3. The van der Waals surface area contributed by atoms with Crippen LogP contribution in [-0.2, 0) is 10.2 Å². The minimum absolute atomic E-state index is 0.180. The molecular formula is C12H13FO3. The first-order valence-corrected chi connectivity index (χ1v) is 5.06. The summed E-state index contributed by atoms with van der Waals surface area (Å²) in [4.78, 5) is 10.8. The van der Waals surface area contributed by atoms with E-state index in [-0.39, 0.29) is 5.75 Å². The molecule has 1 aromatic rings. The molecule has 2 atom stereocenters. The summed E-state index contributed by atoms with van der Waals surface area (Å²) in [6.07, 6.45) is 0.564. The lowest BCUT2D eigenvalue weighted by Gasteiger charge is -2.11. The smallest absolute Gasteiger partial charge is 0.307 e. The van der Waals surface area contributed by atoms with Gasteiger partial charge in [0, 0.05) is 5.41 Å². The second-order valence-corrected chi connectivity index (χ2v) is 4.36. The molecule has 1 aliphatic rings. The average Bonchev–Trinajstić information content (AvgIpc) is 2.92. The Balaban J connectivity index is 2.30. The van der Waals surface area contributed by atoms with Crippen molar-refractivity contribution in [3.8, 4) is 5.75 Å². The van der Waals surface area contributed by atoms with Gasteiger partial charge in [-0.25, -0.2) is 4.39 Å². The summed E-state index contributed by atoms with van der Waals surface area (Å²) in [5.74, 6) is -1.49. The number of carboxylic acid groups (broad SMARTS) is 1. The Morgan fingerprint density at radius 3 is 2.75 bits per heavy atom. The molecule has 1 aromatic carbocycles. The van der Waals surface area contributed by atoms with E-state index in [2.05, 4.69) is 0 Å². The van der Waals surface area contributed by atoms with Crippen molar-refractivity contribution in [3.63, 3.8) is 0 Å². The van der Waals surface area contributed by atoms with Gasteiger partial charge in [0.15, 0.2) is 11.6 Å². The number of halogens is 1. The highest BCUT2D eigenvalue weighted by Crippen LogP contribution is 2.54. The van der Waals surface area contributed by atoms with Crippen molar-refractivity contribution in [1.82, 2.24) is 0 Å². The second kappa shape index (κ2) is 3.47. The molecule has 2 rings (SSSR count). The van der Waals surface area contributed by atoms with E-state index >= 15 is 0 Å². The third kappa shape index (κ3) is 1.54. The Morgan fingerprint density at radius 1 is 1.62 bits per heavy atom. The molecule has 0 aromatic heterocycles. The van der Waals surface area contributed by atoms with Crippen LogP contribution in [-0.4, -0.2) is 18.2 Å². The first-order valence-electron chi connectivity index (χ1n) is 5.06. The Morgan fingerprint density at radius 2 is 2.31 bits per heavy atom. The van der Waals surface area contributed by atoms with Crippen LogP contribution in [0.25, 0.3) is 0 Å². The molecule has 86 valence electrons. The second-order valence-electron chi connectivity index (χ2n) is 4.36. The van der Waals surface area contributed by atoms with Gasteiger partial charge < -0.3 is 9.84 Å². The molecule has 2 unspecified atom stereocenters. The first kappa shape index (κ1) is 10.9. The van der Waals surface area contributed by atoms with Crippen molar-refractivity contribution < 1.29 is 19.0 Å². The summed E-state index contributed by atoms with van der Waals surface area (Å²) in [6.45, 7) is 1.84. The lowest BCUT2D eigenvalue weighted by atomic mass is 9.95. The molecule has 1 fully saturated rings. The molecule has 0 aliphatic heterocycles. The number of benzene rings is 1. The van der Waals surface area contributed by atoms with E-state index in [1.807, 2.05) is 6.92 Å². The minimum atomic E-state index is -0.821. The van der Waals surface area contributed by atoms with Crippen LogP contribution < -0.4 is 4.74 Å². The van der Waals surface area contributed by atoms with Crippen LogP contribution in [0.3, 0.4) is 0 Å². The fourth-order valence-corrected chi connectivity index (χ4v) is 2.07.